The van der Waals surface area contributed by atoms with Crippen molar-refractivity contribution in [3.05, 3.63) is 29.3 Å². The van der Waals surface area contributed by atoms with Crippen LogP contribution in [-0.4, -0.2) is 47.9 Å². The highest BCUT2D eigenvalue weighted by atomic mass is 16.2. The quantitative estimate of drug-likeness (QED) is 0.778. The highest BCUT2D eigenvalue weighted by Gasteiger charge is 2.33. The Morgan fingerprint density at radius 2 is 2.16 bits per heavy atom. The molecule has 4 nitrogen and oxygen atoms in total. The SMILES string of the molecule is Cc1ccc(N)c(C(=O)N2CCN3CCCC3C2)c1. The number of fused-ring (bicyclic) bond motifs is 1. The Kier molecular flexibility index (Phi) is 3.19. The molecule has 2 saturated heterocycles. The molecule has 1 amide bonds. The van der Waals surface area contributed by atoms with Gasteiger partial charge in [0.25, 0.3) is 5.91 Å². The summed E-state index contributed by atoms with van der Waals surface area (Å²) in [5, 5.41) is 0. The van der Waals surface area contributed by atoms with E-state index in [1.165, 1.54) is 19.4 Å². The minimum absolute atomic E-state index is 0.0905. The number of nitrogens with zero attached hydrogens (tertiary/aromatic N) is 2. The predicted octanol–water partition coefficient (Wildman–Crippen LogP) is 1.50. The molecular formula is C15H21N3O. The first-order chi connectivity index (χ1) is 9.15. The Morgan fingerprint density at radius 1 is 1.32 bits per heavy atom. The van der Waals surface area contributed by atoms with Crippen LogP contribution in [0.2, 0.25) is 0 Å². The van der Waals surface area contributed by atoms with Crippen molar-refractivity contribution in [1.82, 2.24) is 9.80 Å². The Bertz CT molecular complexity index is 500. The van der Waals surface area contributed by atoms with Gasteiger partial charge >= 0.3 is 0 Å². The summed E-state index contributed by atoms with van der Waals surface area (Å²) in [7, 11) is 0. The van der Waals surface area contributed by atoms with E-state index in [1.807, 2.05) is 30.0 Å². The molecule has 3 rings (SSSR count). The Hall–Kier alpha value is -1.55. The van der Waals surface area contributed by atoms with Crippen molar-refractivity contribution in [3.8, 4) is 0 Å². The van der Waals surface area contributed by atoms with Crippen LogP contribution in [0.15, 0.2) is 18.2 Å². The molecule has 2 heterocycles. The number of nitrogen functional groups attached to an aromatic ring is 1. The first-order valence-corrected chi connectivity index (χ1v) is 7.04. The van der Waals surface area contributed by atoms with Crippen LogP contribution in [0.4, 0.5) is 5.69 Å². The summed E-state index contributed by atoms with van der Waals surface area (Å²) < 4.78 is 0. The van der Waals surface area contributed by atoms with E-state index in [-0.39, 0.29) is 5.91 Å². The van der Waals surface area contributed by atoms with Gasteiger partial charge in [0.05, 0.1) is 5.56 Å². The van der Waals surface area contributed by atoms with Gasteiger partial charge in [-0.15, -0.1) is 0 Å². The van der Waals surface area contributed by atoms with Crippen LogP contribution in [0.25, 0.3) is 0 Å². The van der Waals surface area contributed by atoms with Gasteiger partial charge in [0.15, 0.2) is 0 Å². The summed E-state index contributed by atoms with van der Waals surface area (Å²) in [4.78, 5) is 17.1. The van der Waals surface area contributed by atoms with Crippen molar-refractivity contribution >= 4 is 11.6 Å². The number of anilines is 1. The average Bonchev–Trinajstić information content (AvgIpc) is 2.88. The molecule has 0 aliphatic carbocycles. The Morgan fingerprint density at radius 3 is 3.00 bits per heavy atom. The fourth-order valence-corrected chi connectivity index (χ4v) is 3.20. The lowest BCUT2D eigenvalue weighted by atomic mass is 10.1. The van der Waals surface area contributed by atoms with E-state index >= 15 is 0 Å². The smallest absolute Gasteiger partial charge is 0.256 e. The molecule has 0 aromatic heterocycles. The maximum absolute atomic E-state index is 12.6. The summed E-state index contributed by atoms with van der Waals surface area (Å²) in [5.41, 5.74) is 8.27. The van der Waals surface area contributed by atoms with E-state index in [0.717, 1.165) is 25.2 Å². The average molecular weight is 259 g/mol. The molecule has 1 aromatic rings. The number of rotatable bonds is 1. The summed E-state index contributed by atoms with van der Waals surface area (Å²) >= 11 is 0. The Balaban J connectivity index is 1.78. The molecule has 0 saturated carbocycles. The van der Waals surface area contributed by atoms with Gasteiger partial charge in [0.2, 0.25) is 0 Å². The summed E-state index contributed by atoms with van der Waals surface area (Å²) in [6.07, 6.45) is 2.48. The van der Waals surface area contributed by atoms with Gasteiger partial charge in [-0.1, -0.05) is 11.6 Å². The highest BCUT2D eigenvalue weighted by Crippen LogP contribution is 2.24. The maximum Gasteiger partial charge on any atom is 0.256 e. The van der Waals surface area contributed by atoms with E-state index in [4.69, 9.17) is 5.73 Å². The van der Waals surface area contributed by atoms with Gasteiger partial charge in [0, 0.05) is 31.4 Å². The van der Waals surface area contributed by atoms with E-state index in [0.29, 0.717) is 17.3 Å². The molecular weight excluding hydrogens is 238 g/mol. The molecule has 2 aliphatic rings. The molecule has 0 bridgehead atoms. The molecule has 0 radical (unpaired) electrons. The van der Waals surface area contributed by atoms with Crippen LogP contribution >= 0.6 is 0 Å². The number of nitrogens with two attached hydrogens (primary N) is 1. The third-order valence-electron chi connectivity index (χ3n) is 4.31. The van der Waals surface area contributed by atoms with Crippen LogP contribution in [0.5, 0.6) is 0 Å². The second kappa shape index (κ2) is 4.85. The summed E-state index contributed by atoms with van der Waals surface area (Å²) in [6, 6.07) is 6.23. The van der Waals surface area contributed by atoms with E-state index in [2.05, 4.69) is 4.90 Å². The first-order valence-electron chi connectivity index (χ1n) is 7.04. The van der Waals surface area contributed by atoms with Crippen LogP contribution in [0.1, 0.15) is 28.8 Å². The molecule has 2 aliphatic heterocycles. The highest BCUT2D eigenvalue weighted by molar-refractivity contribution is 5.99. The lowest BCUT2D eigenvalue weighted by Gasteiger charge is -2.37. The van der Waals surface area contributed by atoms with E-state index < -0.39 is 0 Å². The van der Waals surface area contributed by atoms with Gasteiger partial charge in [-0.3, -0.25) is 9.69 Å². The number of piperazine rings is 1. The summed E-state index contributed by atoms with van der Waals surface area (Å²) in [5.74, 6) is 0.0905. The molecule has 1 atom stereocenters. The van der Waals surface area contributed by atoms with Crippen molar-refractivity contribution in [3.63, 3.8) is 0 Å². The summed E-state index contributed by atoms with van der Waals surface area (Å²) in [6.45, 7) is 5.86. The number of hydrogen-bond donors (Lipinski definition) is 1. The second-order valence-electron chi connectivity index (χ2n) is 5.67. The Labute approximate surface area is 114 Å². The van der Waals surface area contributed by atoms with Crippen LogP contribution in [-0.2, 0) is 0 Å². The lowest BCUT2D eigenvalue weighted by molar-refractivity contribution is 0.0572. The van der Waals surface area contributed by atoms with Gasteiger partial charge in [-0.25, -0.2) is 0 Å². The van der Waals surface area contributed by atoms with Crippen LogP contribution in [0.3, 0.4) is 0 Å². The zero-order valence-corrected chi connectivity index (χ0v) is 11.4. The van der Waals surface area contributed by atoms with Gasteiger partial charge in [-0.2, -0.15) is 0 Å². The van der Waals surface area contributed by atoms with Crippen LogP contribution < -0.4 is 5.73 Å². The van der Waals surface area contributed by atoms with Crippen LogP contribution in [0, 0.1) is 6.92 Å². The number of hydrogen-bond acceptors (Lipinski definition) is 3. The first kappa shape index (κ1) is 12.5. The zero-order valence-electron chi connectivity index (χ0n) is 11.4. The van der Waals surface area contributed by atoms with Gasteiger partial charge < -0.3 is 10.6 Å². The van der Waals surface area contributed by atoms with Gasteiger partial charge in [-0.05, 0) is 38.4 Å². The van der Waals surface area contributed by atoms with Crippen molar-refractivity contribution in [1.29, 1.82) is 0 Å². The number of benzene rings is 1. The van der Waals surface area contributed by atoms with E-state index in [1.54, 1.807) is 0 Å². The standard InChI is InChI=1S/C15H21N3O/c1-11-4-5-14(16)13(9-11)15(19)18-8-7-17-6-2-3-12(17)10-18/h4-5,9,12H,2-3,6-8,10,16H2,1H3. The van der Waals surface area contributed by atoms with Crippen molar-refractivity contribution in [2.45, 2.75) is 25.8 Å². The maximum atomic E-state index is 12.6. The topological polar surface area (TPSA) is 49.6 Å². The fourth-order valence-electron chi connectivity index (χ4n) is 3.20. The number of carbonyl (C=O) groups excluding carboxylic acids is 1. The minimum atomic E-state index is 0.0905. The molecule has 2 N–H and O–H groups in total. The normalized spacial score (nSPS) is 23.4. The third-order valence-corrected chi connectivity index (χ3v) is 4.31. The molecule has 102 valence electrons. The largest absolute Gasteiger partial charge is 0.398 e. The van der Waals surface area contributed by atoms with E-state index in [9.17, 15) is 4.79 Å². The molecule has 1 unspecified atom stereocenters. The molecule has 1 aromatic carbocycles. The fraction of sp³-hybridized carbons (Fsp3) is 0.533. The van der Waals surface area contributed by atoms with Crippen molar-refractivity contribution in [2.75, 3.05) is 31.9 Å². The number of amides is 1. The van der Waals surface area contributed by atoms with Gasteiger partial charge in [0.1, 0.15) is 0 Å². The molecule has 4 heteroatoms. The predicted molar refractivity (Wildman–Crippen MR) is 76.1 cm³/mol. The second-order valence-corrected chi connectivity index (χ2v) is 5.67. The van der Waals surface area contributed by atoms with Crippen molar-refractivity contribution in [2.24, 2.45) is 0 Å². The number of carbonyl (C=O) groups is 1. The van der Waals surface area contributed by atoms with Crippen molar-refractivity contribution < 1.29 is 4.79 Å². The number of aryl methyl sites for hydroxylation is 1. The monoisotopic (exact) mass is 259 g/mol. The minimum Gasteiger partial charge on any atom is -0.398 e. The third kappa shape index (κ3) is 2.32. The zero-order chi connectivity index (χ0) is 13.4. The molecule has 0 spiro atoms. The molecule has 19 heavy (non-hydrogen) atoms. The molecule has 2 fully saturated rings. The lowest BCUT2D eigenvalue weighted by Crippen LogP contribution is -2.52.